The van der Waals surface area contributed by atoms with Gasteiger partial charge in [0.05, 0.1) is 13.7 Å². The maximum absolute atomic E-state index is 13.9. The predicted octanol–water partition coefficient (Wildman–Crippen LogP) is 1.68. The number of methoxy groups -OCH3 is 1. The van der Waals surface area contributed by atoms with Gasteiger partial charge in [0.2, 0.25) is 11.8 Å². The lowest BCUT2D eigenvalue weighted by molar-refractivity contribution is -0.151. The van der Waals surface area contributed by atoms with Crippen molar-refractivity contribution < 1.29 is 23.9 Å². The Morgan fingerprint density at radius 1 is 0.943 bits per heavy atom. The average molecular weight is 487 g/mol. The highest BCUT2D eigenvalue weighted by molar-refractivity contribution is 5.98. The van der Waals surface area contributed by atoms with Crippen LogP contribution in [0.1, 0.15) is 44.0 Å². The summed E-state index contributed by atoms with van der Waals surface area (Å²) in [5.41, 5.74) is -0.891. The molecule has 0 aromatic heterocycles. The Balaban J connectivity index is 1.60. The number of piperidine rings is 1. The number of benzene rings is 1. The highest BCUT2D eigenvalue weighted by atomic mass is 16.5. The van der Waals surface area contributed by atoms with Gasteiger partial charge in [0, 0.05) is 63.1 Å². The highest BCUT2D eigenvalue weighted by Crippen LogP contribution is 2.40. The lowest BCUT2D eigenvalue weighted by atomic mass is 9.91. The van der Waals surface area contributed by atoms with Crippen LogP contribution < -0.4 is 4.74 Å². The minimum Gasteiger partial charge on any atom is -0.497 e. The summed E-state index contributed by atoms with van der Waals surface area (Å²) >= 11 is 0. The van der Waals surface area contributed by atoms with E-state index in [0.717, 1.165) is 13.1 Å². The zero-order valence-electron chi connectivity index (χ0n) is 21.6. The molecule has 3 fully saturated rings. The van der Waals surface area contributed by atoms with Crippen LogP contribution in [0.5, 0.6) is 5.75 Å². The van der Waals surface area contributed by atoms with Crippen molar-refractivity contribution in [3.8, 4) is 5.75 Å². The summed E-state index contributed by atoms with van der Waals surface area (Å²) in [5, 5.41) is 0. The van der Waals surface area contributed by atoms with Crippen LogP contribution in [0.2, 0.25) is 0 Å². The van der Waals surface area contributed by atoms with Crippen LogP contribution >= 0.6 is 0 Å². The molecule has 3 aliphatic rings. The van der Waals surface area contributed by atoms with Crippen molar-refractivity contribution in [1.29, 1.82) is 0 Å². The summed E-state index contributed by atoms with van der Waals surface area (Å²) in [6.07, 6.45) is 0.951. The maximum Gasteiger partial charge on any atom is 0.256 e. The third-order valence-electron chi connectivity index (χ3n) is 7.39. The van der Waals surface area contributed by atoms with Crippen LogP contribution in [0.25, 0.3) is 0 Å². The van der Waals surface area contributed by atoms with Crippen LogP contribution in [0.15, 0.2) is 24.3 Å². The molecule has 3 amide bonds. The first-order chi connectivity index (χ1) is 16.6. The second-order valence-electron chi connectivity index (χ2n) is 10.8. The molecule has 192 valence electrons. The SMILES string of the molecule is COc1ccc(C(=O)N2C(C(=O)N3CCN(C)CC3)COC23CCN(C(=O)C(C)(C)C)CC3)cc1. The standard InChI is InChI=1S/C26H38N4O5/c1-25(2,3)24(33)29-12-10-26(11-13-29)30(22(31)19-6-8-20(34-5)9-7-19)21(18-35-26)23(32)28-16-14-27(4)15-17-28/h6-9,21H,10-18H2,1-5H3. The minimum atomic E-state index is -0.904. The first-order valence-corrected chi connectivity index (χ1v) is 12.4. The van der Waals surface area contributed by atoms with Crippen LogP contribution in [0.3, 0.4) is 0 Å². The first kappa shape index (κ1) is 25.4. The van der Waals surface area contributed by atoms with Gasteiger partial charge in [-0.1, -0.05) is 20.8 Å². The molecular formula is C26H38N4O5. The Hall–Kier alpha value is -2.65. The van der Waals surface area contributed by atoms with Crippen molar-refractivity contribution in [2.24, 2.45) is 5.41 Å². The number of ether oxygens (including phenoxy) is 2. The lowest BCUT2D eigenvalue weighted by Crippen LogP contribution is -2.61. The lowest BCUT2D eigenvalue weighted by Gasteiger charge is -2.46. The molecule has 3 saturated heterocycles. The van der Waals surface area contributed by atoms with Gasteiger partial charge in [0.1, 0.15) is 17.5 Å². The van der Waals surface area contributed by atoms with Gasteiger partial charge in [-0.15, -0.1) is 0 Å². The van der Waals surface area contributed by atoms with Gasteiger partial charge in [0.15, 0.2) is 0 Å². The van der Waals surface area contributed by atoms with E-state index >= 15 is 0 Å². The number of nitrogens with zero attached hydrogens (tertiary/aromatic N) is 4. The number of hydrogen-bond donors (Lipinski definition) is 0. The maximum atomic E-state index is 13.9. The summed E-state index contributed by atoms with van der Waals surface area (Å²) in [7, 11) is 3.62. The average Bonchev–Trinajstić information content (AvgIpc) is 3.21. The van der Waals surface area contributed by atoms with Crippen LogP contribution in [0, 0.1) is 5.41 Å². The normalized spacial score (nSPS) is 23.0. The largest absolute Gasteiger partial charge is 0.497 e. The third kappa shape index (κ3) is 5.02. The Kier molecular flexibility index (Phi) is 7.11. The molecule has 1 unspecified atom stereocenters. The van der Waals surface area contributed by atoms with E-state index in [2.05, 4.69) is 4.90 Å². The number of carbonyl (C=O) groups excluding carboxylic acids is 3. The molecule has 9 heteroatoms. The molecule has 1 atom stereocenters. The van der Waals surface area contributed by atoms with Crippen LogP contribution in [-0.4, -0.2) is 109 Å². The van der Waals surface area contributed by atoms with Crippen molar-refractivity contribution >= 4 is 17.7 Å². The van der Waals surface area contributed by atoms with E-state index in [1.165, 1.54) is 0 Å². The Morgan fingerprint density at radius 3 is 2.09 bits per heavy atom. The van der Waals surface area contributed by atoms with Crippen LogP contribution in [-0.2, 0) is 14.3 Å². The van der Waals surface area contributed by atoms with E-state index in [1.807, 2.05) is 37.6 Å². The van der Waals surface area contributed by atoms with E-state index < -0.39 is 17.2 Å². The molecule has 1 spiro atoms. The van der Waals surface area contributed by atoms with Crippen LogP contribution in [0.4, 0.5) is 0 Å². The highest BCUT2D eigenvalue weighted by Gasteiger charge is 2.55. The predicted molar refractivity (Wildman–Crippen MR) is 131 cm³/mol. The Labute approximate surface area is 207 Å². The molecule has 4 rings (SSSR count). The smallest absolute Gasteiger partial charge is 0.256 e. The summed E-state index contributed by atoms with van der Waals surface area (Å²) < 4.78 is 11.6. The van der Waals surface area contributed by atoms with Gasteiger partial charge in [-0.2, -0.15) is 0 Å². The molecular weight excluding hydrogens is 448 g/mol. The van der Waals surface area contributed by atoms with Crippen molar-refractivity contribution in [2.45, 2.75) is 45.4 Å². The monoisotopic (exact) mass is 486 g/mol. The number of piperazine rings is 1. The van der Waals surface area contributed by atoms with Gasteiger partial charge < -0.3 is 24.2 Å². The molecule has 0 N–H and O–H groups in total. The van der Waals surface area contributed by atoms with Gasteiger partial charge in [-0.3, -0.25) is 19.3 Å². The number of amides is 3. The number of hydrogen-bond acceptors (Lipinski definition) is 6. The molecule has 3 heterocycles. The van der Waals surface area contributed by atoms with E-state index in [-0.39, 0.29) is 24.3 Å². The van der Waals surface area contributed by atoms with E-state index in [9.17, 15) is 14.4 Å². The number of likely N-dealkylation sites (tertiary alicyclic amines) is 1. The number of carbonyl (C=O) groups is 3. The zero-order chi connectivity index (χ0) is 25.4. The Bertz CT molecular complexity index is 941. The number of rotatable bonds is 3. The van der Waals surface area contributed by atoms with E-state index in [4.69, 9.17) is 9.47 Å². The fourth-order valence-electron chi connectivity index (χ4n) is 5.20. The molecule has 1 aromatic rings. The Morgan fingerprint density at radius 2 is 1.54 bits per heavy atom. The van der Waals surface area contributed by atoms with E-state index in [0.29, 0.717) is 50.3 Å². The molecule has 9 nitrogen and oxygen atoms in total. The van der Waals surface area contributed by atoms with Crippen molar-refractivity contribution in [3.63, 3.8) is 0 Å². The quantitative estimate of drug-likeness (QED) is 0.647. The van der Waals surface area contributed by atoms with Gasteiger partial charge in [-0.05, 0) is 31.3 Å². The molecule has 1 aromatic carbocycles. The second-order valence-corrected chi connectivity index (χ2v) is 10.8. The second kappa shape index (κ2) is 9.78. The van der Waals surface area contributed by atoms with Gasteiger partial charge in [0.25, 0.3) is 5.91 Å². The summed E-state index contributed by atoms with van der Waals surface area (Å²) in [5.74, 6) is 0.453. The van der Waals surface area contributed by atoms with E-state index in [1.54, 1.807) is 36.3 Å². The fraction of sp³-hybridized carbons (Fsp3) is 0.654. The molecule has 0 radical (unpaired) electrons. The number of likely N-dealkylation sites (N-methyl/N-ethyl adjacent to an activating group) is 1. The molecule has 35 heavy (non-hydrogen) atoms. The van der Waals surface area contributed by atoms with Crippen molar-refractivity contribution in [3.05, 3.63) is 29.8 Å². The van der Waals surface area contributed by atoms with Gasteiger partial charge in [-0.25, -0.2) is 0 Å². The molecule has 0 aliphatic carbocycles. The molecule has 0 saturated carbocycles. The summed E-state index contributed by atoms with van der Waals surface area (Å²) in [6.45, 7) is 9.76. The third-order valence-corrected chi connectivity index (χ3v) is 7.39. The first-order valence-electron chi connectivity index (χ1n) is 12.4. The topological polar surface area (TPSA) is 82.6 Å². The molecule has 0 bridgehead atoms. The van der Waals surface area contributed by atoms with Gasteiger partial charge >= 0.3 is 0 Å². The summed E-state index contributed by atoms with van der Waals surface area (Å²) in [6, 6.07) is 6.27. The fourth-order valence-corrected chi connectivity index (χ4v) is 5.20. The molecule has 3 aliphatic heterocycles. The minimum absolute atomic E-state index is 0.0648. The van der Waals surface area contributed by atoms with Crippen molar-refractivity contribution in [1.82, 2.24) is 19.6 Å². The summed E-state index contributed by atoms with van der Waals surface area (Å²) in [4.78, 5) is 47.9. The van der Waals surface area contributed by atoms with Crippen molar-refractivity contribution in [2.75, 3.05) is 60.0 Å². The zero-order valence-corrected chi connectivity index (χ0v) is 21.6.